The van der Waals surface area contributed by atoms with Gasteiger partial charge >= 0.3 is 22.3 Å². The summed E-state index contributed by atoms with van der Waals surface area (Å²) in [5.41, 5.74) is 0.252. The third-order valence-corrected chi connectivity index (χ3v) is 14.1. The summed E-state index contributed by atoms with van der Waals surface area (Å²) < 4.78 is 62.7. The van der Waals surface area contributed by atoms with Crippen molar-refractivity contribution >= 4 is 22.3 Å². The topological polar surface area (TPSA) is 234 Å². The summed E-state index contributed by atoms with van der Waals surface area (Å²) in [5, 5.41) is 53.5. The highest BCUT2D eigenvalue weighted by atomic mass is 32.3. The van der Waals surface area contributed by atoms with Gasteiger partial charge in [-0.1, -0.05) is 194 Å². The van der Waals surface area contributed by atoms with Gasteiger partial charge < -0.3 is 49.2 Å². The Hall–Kier alpha value is -1.77. The van der Waals surface area contributed by atoms with Crippen LogP contribution in [0.1, 0.15) is 214 Å². The first-order valence-electron chi connectivity index (χ1n) is 26.5. The second-order valence-corrected chi connectivity index (χ2v) is 20.6. The number of aliphatic hydroxyl groups excluding tert-OH is 5. The van der Waals surface area contributed by atoms with Gasteiger partial charge in [0.05, 0.1) is 20.3 Å². The minimum absolute atomic E-state index is 0.0248. The number of esters is 2. The van der Waals surface area contributed by atoms with Crippen molar-refractivity contribution in [3.8, 4) is 0 Å². The summed E-state index contributed by atoms with van der Waals surface area (Å²) in [5.74, 6) is -1.50. The minimum Gasteiger partial charge on any atom is -0.453 e. The zero-order valence-corrected chi connectivity index (χ0v) is 43.3. The lowest BCUT2D eigenvalue weighted by atomic mass is 9.97. The standard InChI is InChI=1S/C51H94O16S/c1-6-8-10-12-14-16-18-20-22-23-25-27-29-31-33-38(3)35-39(4)49(58)65-47-44(56)41(37-53)63-51(66-50-45(57)46(67-68(59,60)61-5)43(55)40(36-52)62-50)48(47)64-42(54)34-32-30-28-26-24-21-19-17-15-13-11-9-7-2/h35,38,40-41,43-48,50-53,55-57H,6-34,36-37H2,1-5H3/b39-35+/t38-,40+,41+,43+,44+,45+,46-,47-,48+,50+,51+/m0/s1. The molecule has 0 unspecified atom stereocenters. The summed E-state index contributed by atoms with van der Waals surface area (Å²) in [6, 6.07) is 0. The highest BCUT2D eigenvalue weighted by Gasteiger charge is 2.54. The number of rotatable bonds is 40. The fourth-order valence-corrected chi connectivity index (χ4v) is 9.53. The molecule has 2 saturated heterocycles. The van der Waals surface area contributed by atoms with Crippen molar-refractivity contribution in [2.24, 2.45) is 5.92 Å². The molecule has 0 bridgehead atoms. The van der Waals surface area contributed by atoms with Crippen molar-refractivity contribution in [3.05, 3.63) is 11.6 Å². The molecule has 0 radical (unpaired) electrons. The van der Waals surface area contributed by atoms with Crippen LogP contribution in [0.25, 0.3) is 0 Å². The SMILES string of the molecule is CCCCCCCCCCCCCCCC[C@H](C)/C=C(\C)C(=O)O[C@H]1[C@H](O)[C@@H](CO)O[C@H](O[C@H]2O[C@H](CO)[C@@H](O)[C@H](OS(=O)(=O)OC)[C@H]2O)[C@@H]1OC(=O)CCCCCCCCCCCCCCC. The number of hydrogen-bond acceptors (Lipinski definition) is 16. The van der Waals surface area contributed by atoms with E-state index in [9.17, 15) is 43.5 Å². The van der Waals surface area contributed by atoms with Crippen molar-refractivity contribution < 1.29 is 75.6 Å². The van der Waals surface area contributed by atoms with E-state index in [1.807, 2.05) is 6.92 Å². The zero-order chi connectivity index (χ0) is 50.2. The van der Waals surface area contributed by atoms with Crippen molar-refractivity contribution in [3.63, 3.8) is 0 Å². The smallest absolute Gasteiger partial charge is 0.400 e. The molecule has 16 nitrogen and oxygen atoms in total. The summed E-state index contributed by atoms with van der Waals surface area (Å²) in [7, 11) is -3.94. The van der Waals surface area contributed by atoms with E-state index in [1.54, 1.807) is 13.0 Å². The van der Waals surface area contributed by atoms with Gasteiger partial charge in [0.15, 0.2) is 18.5 Å². The molecule has 2 aliphatic heterocycles. The molecule has 0 aromatic heterocycles. The van der Waals surface area contributed by atoms with E-state index < -0.39 is 97.0 Å². The highest BCUT2D eigenvalue weighted by Crippen LogP contribution is 2.33. The maximum absolute atomic E-state index is 13.7. The van der Waals surface area contributed by atoms with Gasteiger partial charge in [-0.05, 0) is 25.7 Å². The first-order chi connectivity index (χ1) is 32.7. The van der Waals surface area contributed by atoms with E-state index in [4.69, 9.17) is 27.9 Å². The third-order valence-electron chi connectivity index (χ3n) is 13.2. The van der Waals surface area contributed by atoms with Gasteiger partial charge in [0, 0.05) is 12.0 Å². The van der Waals surface area contributed by atoms with Gasteiger partial charge in [-0.3, -0.25) is 8.98 Å². The third kappa shape index (κ3) is 25.1. The Morgan fingerprint density at radius 1 is 0.574 bits per heavy atom. The second kappa shape index (κ2) is 37.0. The molecule has 68 heavy (non-hydrogen) atoms. The van der Waals surface area contributed by atoms with Gasteiger partial charge in [-0.15, -0.1) is 0 Å². The van der Waals surface area contributed by atoms with Crippen molar-refractivity contribution in [1.29, 1.82) is 0 Å². The lowest BCUT2D eigenvalue weighted by molar-refractivity contribution is -0.375. The van der Waals surface area contributed by atoms with Crippen molar-refractivity contribution in [2.45, 2.75) is 275 Å². The first-order valence-corrected chi connectivity index (χ1v) is 27.9. The maximum Gasteiger partial charge on any atom is 0.400 e. The lowest BCUT2D eigenvalue weighted by Crippen LogP contribution is -2.65. The van der Waals surface area contributed by atoms with Crippen molar-refractivity contribution in [2.75, 3.05) is 20.3 Å². The molecule has 0 saturated carbocycles. The fourth-order valence-electron chi connectivity index (χ4n) is 8.95. The normalized spacial score (nSPS) is 26.2. The number of aliphatic hydroxyl groups is 5. The zero-order valence-electron chi connectivity index (χ0n) is 42.5. The Morgan fingerprint density at radius 2 is 0.985 bits per heavy atom. The van der Waals surface area contributed by atoms with E-state index >= 15 is 0 Å². The Bertz CT molecular complexity index is 1450. The van der Waals surface area contributed by atoms with Gasteiger partial charge in [0.2, 0.25) is 6.29 Å². The van der Waals surface area contributed by atoms with E-state index in [1.165, 1.54) is 122 Å². The van der Waals surface area contributed by atoms with Gasteiger partial charge in [-0.25, -0.2) is 8.98 Å². The van der Waals surface area contributed by atoms with Crippen LogP contribution < -0.4 is 0 Å². The van der Waals surface area contributed by atoms with Crippen LogP contribution in [-0.4, -0.2) is 128 Å². The molecule has 2 fully saturated rings. The maximum atomic E-state index is 13.7. The van der Waals surface area contributed by atoms with Gasteiger partial charge in [0.1, 0.15) is 36.6 Å². The minimum atomic E-state index is -4.74. The largest absolute Gasteiger partial charge is 0.453 e. The van der Waals surface area contributed by atoms with Crippen LogP contribution in [0.3, 0.4) is 0 Å². The lowest BCUT2D eigenvalue weighted by Gasteiger charge is -2.46. The summed E-state index contributed by atoms with van der Waals surface area (Å²) >= 11 is 0. The molecule has 2 rings (SSSR count). The van der Waals surface area contributed by atoms with E-state index in [-0.39, 0.29) is 17.9 Å². The van der Waals surface area contributed by atoms with Gasteiger partial charge in [0.25, 0.3) is 0 Å². The first kappa shape index (κ1) is 62.3. The molecule has 2 heterocycles. The molecule has 11 atom stereocenters. The highest BCUT2D eigenvalue weighted by molar-refractivity contribution is 7.81. The van der Waals surface area contributed by atoms with Gasteiger partial charge in [-0.2, -0.15) is 8.42 Å². The van der Waals surface area contributed by atoms with E-state index in [0.29, 0.717) is 6.42 Å². The van der Waals surface area contributed by atoms with Crippen LogP contribution in [0.5, 0.6) is 0 Å². The predicted molar refractivity (Wildman–Crippen MR) is 259 cm³/mol. The quantitative estimate of drug-likeness (QED) is 0.0220. The number of hydrogen-bond donors (Lipinski definition) is 5. The fraction of sp³-hybridized carbons (Fsp3) is 0.922. The molecule has 0 aromatic rings. The Balaban J connectivity index is 2.09. The van der Waals surface area contributed by atoms with E-state index in [0.717, 1.165) is 58.5 Å². The average molecular weight is 995 g/mol. The molecule has 0 aromatic carbocycles. The average Bonchev–Trinajstić information content (AvgIpc) is 3.31. The van der Waals surface area contributed by atoms with Crippen LogP contribution >= 0.6 is 0 Å². The molecule has 0 spiro atoms. The van der Waals surface area contributed by atoms with Crippen LogP contribution in [-0.2, 0) is 52.0 Å². The molecule has 2 aliphatic rings. The molecule has 17 heteroatoms. The number of unbranched alkanes of at least 4 members (excludes halogenated alkanes) is 25. The number of ether oxygens (including phenoxy) is 5. The molecular formula is C51H94O16S. The predicted octanol–water partition coefficient (Wildman–Crippen LogP) is 8.56. The molecule has 0 amide bonds. The summed E-state index contributed by atoms with van der Waals surface area (Å²) in [6.07, 6.45) is 17.0. The number of carbonyl (C=O) groups excluding carboxylic acids is 2. The monoisotopic (exact) mass is 995 g/mol. The Morgan fingerprint density at radius 3 is 1.43 bits per heavy atom. The summed E-state index contributed by atoms with van der Waals surface area (Å²) in [4.78, 5) is 27.2. The van der Waals surface area contributed by atoms with Crippen molar-refractivity contribution in [1.82, 2.24) is 0 Å². The number of allylic oxidation sites excluding steroid dienone is 1. The van der Waals surface area contributed by atoms with Crippen LogP contribution in [0.2, 0.25) is 0 Å². The van der Waals surface area contributed by atoms with Crippen LogP contribution in [0.15, 0.2) is 11.6 Å². The molecular weight excluding hydrogens is 901 g/mol. The summed E-state index contributed by atoms with van der Waals surface area (Å²) in [6.45, 7) is 6.39. The Kier molecular flexibility index (Phi) is 34.0. The molecule has 5 N–H and O–H groups in total. The van der Waals surface area contributed by atoms with E-state index in [2.05, 4.69) is 18.0 Å². The molecule has 400 valence electrons. The van der Waals surface area contributed by atoms with Crippen LogP contribution in [0.4, 0.5) is 0 Å². The van der Waals surface area contributed by atoms with Crippen LogP contribution in [0, 0.1) is 5.92 Å². The number of carbonyl (C=O) groups is 2. The second-order valence-electron chi connectivity index (χ2n) is 19.2. The Labute approximate surface area is 409 Å². The molecule has 0 aliphatic carbocycles.